The lowest BCUT2D eigenvalue weighted by atomic mass is 10.1. The maximum Gasteiger partial charge on any atom is 0.248 e. The number of anilines is 1. The van der Waals surface area contributed by atoms with Crippen molar-refractivity contribution in [3.05, 3.63) is 80.8 Å². The first kappa shape index (κ1) is 22.2. The molecule has 0 bridgehead atoms. The molecule has 5 nitrogen and oxygen atoms in total. The molecule has 0 aliphatic carbocycles. The molecule has 1 heterocycles. The number of amides is 1. The Morgan fingerprint density at radius 2 is 1.88 bits per heavy atom. The minimum atomic E-state index is -0.340. The number of hydrogen-bond donors (Lipinski definition) is 1. The summed E-state index contributed by atoms with van der Waals surface area (Å²) in [7, 11) is 1.50. The number of fused-ring (bicyclic) bond motifs is 1. The molecule has 0 atom stereocenters. The number of halogens is 3. The van der Waals surface area contributed by atoms with E-state index in [9.17, 15) is 4.79 Å². The minimum absolute atomic E-state index is 0.340. The van der Waals surface area contributed by atoms with E-state index < -0.39 is 0 Å². The molecule has 0 fully saturated rings. The first-order chi connectivity index (χ1) is 15.3. The lowest BCUT2D eigenvalue weighted by molar-refractivity contribution is -0.111. The molecule has 4 rings (SSSR count). The second-order valence-corrected chi connectivity index (χ2v) is 8.27. The van der Waals surface area contributed by atoms with Crippen molar-refractivity contribution in [3.63, 3.8) is 0 Å². The Balaban J connectivity index is 1.55. The topological polar surface area (TPSA) is 64.4 Å². The van der Waals surface area contributed by atoms with Crippen molar-refractivity contribution in [2.45, 2.75) is 6.92 Å². The number of methoxy groups -OCH3 is 1. The van der Waals surface area contributed by atoms with E-state index in [4.69, 9.17) is 44.0 Å². The van der Waals surface area contributed by atoms with Crippen LogP contribution >= 0.6 is 34.8 Å². The van der Waals surface area contributed by atoms with Gasteiger partial charge in [-0.25, -0.2) is 4.98 Å². The van der Waals surface area contributed by atoms with Crippen molar-refractivity contribution in [1.29, 1.82) is 0 Å². The molecule has 0 radical (unpaired) electrons. The SMILES string of the molecule is COc1c(Cl)cc(Cl)cc1C=CC(=O)Nc1ccc2oc(-c3ccc(C)cc3Cl)nc2c1. The summed E-state index contributed by atoms with van der Waals surface area (Å²) in [6, 6.07) is 14.1. The molecule has 0 aliphatic heterocycles. The number of aryl methyl sites for hydroxylation is 1. The van der Waals surface area contributed by atoms with Crippen LogP contribution in [-0.2, 0) is 4.79 Å². The van der Waals surface area contributed by atoms with Crippen molar-refractivity contribution in [2.75, 3.05) is 12.4 Å². The van der Waals surface area contributed by atoms with Crippen molar-refractivity contribution in [2.24, 2.45) is 0 Å². The standard InChI is InChI=1S/C24H17Cl3N2O3/c1-13-3-6-17(18(26)9-13)24-29-20-12-16(5-7-21(20)32-24)28-22(30)8-4-14-10-15(25)11-19(27)23(14)31-2/h3-12H,1-2H3,(H,28,30). The molecular formula is C24H17Cl3N2O3. The molecule has 0 saturated heterocycles. The summed E-state index contributed by atoms with van der Waals surface area (Å²) < 4.78 is 11.1. The number of oxazole rings is 1. The lowest BCUT2D eigenvalue weighted by Gasteiger charge is -2.08. The van der Waals surface area contributed by atoms with Crippen molar-refractivity contribution < 1.29 is 13.9 Å². The second-order valence-electron chi connectivity index (χ2n) is 7.02. The van der Waals surface area contributed by atoms with Crippen LogP contribution in [-0.4, -0.2) is 18.0 Å². The van der Waals surface area contributed by atoms with Gasteiger partial charge in [0.15, 0.2) is 5.58 Å². The monoisotopic (exact) mass is 486 g/mol. The zero-order chi connectivity index (χ0) is 22.8. The number of carbonyl (C=O) groups excluding carboxylic acids is 1. The fourth-order valence-corrected chi connectivity index (χ4v) is 4.09. The van der Waals surface area contributed by atoms with Crippen molar-refractivity contribution >= 4 is 63.6 Å². The number of benzene rings is 3. The zero-order valence-corrected chi connectivity index (χ0v) is 19.3. The predicted molar refractivity (Wildman–Crippen MR) is 130 cm³/mol. The van der Waals surface area contributed by atoms with Gasteiger partial charge in [0.25, 0.3) is 0 Å². The Morgan fingerprint density at radius 3 is 2.62 bits per heavy atom. The average Bonchev–Trinajstić information content (AvgIpc) is 3.15. The number of hydrogen-bond acceptors (Lipinski definition) is 4. The quantitative estimate of drug-likeness (QED) is 0.297. The number of aromatic nitrogens is 1. The van der Waals surface area contributed by atoms with Gasteiger partial charge in [-0.2, -0.15) is 0 Å². The summed E-state index contributed by atoms with van der Waals surface area (Å²) in [6.45, 7) is 1.96. The largest absolute Gasteiger partial charge is 0.495 e. The predicted octanol–water partition coefficient (Wildman–Crippen LogP) is 7.42. The smallest absolute Gasteiger partial charge is 0.248 e. The van der Waals surface area contributed by atoms with Gasteiger partial charge in [-0.3, -0.25) is 4.79 Å². The number of nitrogens with zero attached hydrogens (tertiary/aromatic N) is 1. The number of ether oxygens (including phenoxy) is 1. The highest BCUT2D eigenvalue weighted by molar-refractivity contribution is 6.36. The van der Waals surface area contributed by atoms with E-state index in [-0.39, 0.29) is 5.91 Å². The maximum absolute atomic E-state index is 12.4. The van der Waals surface area contributed by atoms with Gasteiger partial charge in [-0.1, -0.05) is 40.9 Å². The van der Waals surface area contributed by atoms with E-state index in [1.807, 2.05) is 25.1 Å². The Morgan fingerprint density at radius 1 is 1.06 bits per heavy atom. The number of rotatable bonds is 5. The molecule has 0 spiro atoms. The van der Waals surface area contributed by atoms with Crippen molar-refractivity contribution in [3.8, 4) is 17.2 Å². The molecule has 32 heavy (non-hydrogen) atoms. The molecule has 0 saturated carbocycles. The van der Waals surface area contributed by atoms with Gasteiger partial charge in [0.1, 0.15) is 11.3 Å². The van der Waals surface area contributed by atoms with E-state index in [1.165, 1.54) is 13.2 Å². The molecule has 8 heteroatoms. The number of nitrogens with one attached hydrogen (secondary N) is 1. The normalized spacial score (nSPS) is 11.3. The van der Waals surface area contributed by atoms with Crippen LogP contribution in [0.25, 0.3) is 28.6 Å². The van der Waals surface area contributed by atoms with Gasteiger partial charge < -0.3 is 14.5 Å². The molecule has 1 aromatic heterocycles. The molecule has 1 amide bonds. The molecule has 3 aromatic carbocycles. The van der Waals surface area contributed by atoms with Gasteiger partial charge in [0.2, 0.25) is 11.8 Å². The molecule has 162 valence electrons. The summed E-state index contributed by atoms with van der Waals surface area (Å²) in [6.07, 6.45) is 2.95. The first-order valence-electron chi connectivity index (χ1n) is 9.53. The molecule has 4 aromatic rings. The van der Waals surface area contributed by atoms with Crippen LogP contribution in [0, 0.1) is 6.92 Å². The van der Waals surface area contributed by atoms with Gasteiger partial charge in [0, 0.05) is 22.3 Å². The van der Waals surface area contributed by atoms with Gasteiger partial charge in [-0.15, -0.1) is 0 Å². The van der Waals surface area contributed by atoms with Crippen LogP contribution < -0.4 is 10.1 Å². The third-order valence-corrected chi connectivity index (χ3v) is 5.48. The lowest BCUT2D eigenvalue weighted by Crippen LogP contribution is -2.07. The summed E-state index contributed by atoms with van der Waals surface area (Å²) in [5, 5.41) is 4.16. The minimum Gasteiger partial charge on any atom is -0.495 e. The Kier molecular flexibility index (Phi) is 6.42. The van der Waals surface area contributed by atoms with E-state index >= 15 is 0 Å². The van der Waals surface area contributed by atoms with E-state index in [1.54, 1.807) is 36.4 Å². The van der Waals surface area contributed by atoms with Crippen LogP contribution in [0.3, 0.4) is 0 Å². The summed E-state index contributed by atoms with van der Waals surface area (Å²) in [5.41, 5.74) is 4.09. The number of carbonyl (C=O) groups is 1. The fraction of sp³-hybridized carbons (Fsp3) is 0.0833. The van der Waals surface area contributed by atoms with Crippen LogP contribution in [0.4, 0.5) is 5.69 Å². The molecule has 0 aliphatic rings. The molecule has 0 unspecified atom stereocenters. The Bertz CT molecular complexity index is 1360. The summed E-state index contributed by atoms with van der Waals surface area (Å²) in [4.78, 5) is 16.9. The highest BCUT2D eigenvalue weighted by Gasteiger charge is 2.13. The summed E-state index contributed by atoms with van der Waals surface area (Å²) >= 11 is 18.5. The van der Waals surface area contributed by atoms with E-state index in [0.717, 1.165) is 5.56 Å². The summed E-state index contributed by atoms with van der Waals surface area (Å²) in [5.74, 6) is 0.512. The third kappa shape index (κ3) is 4.75. The second kappa shape index (κ2) is 9.25. The molecular weight excluding hydrogens is 471 g/mol. The van der Waals surface area contributed by atoms with Gasteiger partial charge >= 0.3 is 0 Å². The molecule has 1 N–H and O–H groups in total. The van der Waals surface area contributed by atoms with Crippen LogP contribution in [0.1, 0.15) is 11.1 Å². The van der Waals surface area contributed by atoms with Crippen LogP contribution in [0.15, 0.2) is 59.0 Å². The Hall–Kier alpha value is -2.99. The van der Waals surface area contributed by atoms with Crippen LogP contribution in [0.5, 0.6) is 5.75 Å². The highest BCUT2D eigenvalue weighted by Crippen LogP contribution is 2.33. The van der Waals surface area contributed by atoms with Gasteiger partial charge in [-0.05, 0) is 61.0 Å². The van der Waals surface area contributed by atoms with E-state index in [2.05, 4.69) is 10.3 Å². The van der Waals surface area contributed by atoms with Crippen molar-refractivity contribution in [1.82, 2.24) is 4.98 Å². The Labute approximate surface area is 199 Å². The maximum atomic E-state index is 12.4. The average molecular weight is 488 g/mol. The third-order valence-electron chi connectivity index (χ3n) is 4.67. The zero-order valence-electron chi connectivity index (χ0n) is 17.1. The first-order valence-corrected chi connectivity index (χ1v) is 10.7. The van der Waals surface area contributed by atoms with E-state index in [0.29, 0.717) is 54.6 Å². The fourth-order valence-electron chi connectivity index (χ4n) is 3.18. The van der Waals surface area contributed by atoms with Crippen LogP contribution in [0.2, 0.25) is 15.1 Å². The highest BCUT2D eigenvalue weighted by atomic mass is 35.5. The van der Waals surface area contributed by atoms with Gasteiger partial charge in [0.05, 0.1) is 22.7 Å².